The van der Waals surface area contributed by atoms with E-state index in [1.165, 1.54) is 16.9 Å². The van der Waals surface area contributed by atoms with E-state index in [4.69, 9.17) is 13.8 Å². The Hall–Kier alpha value is -3.00. The smallest absolute Gasteiger partial charge is 0.408 e. The fourth-order valence-corrected chi connectivity index (χ4v) is 7.10. The third kappa shape index (κ3) is 11.8. The van der Waals surface area contributed by atoms with Crippen molar-refractivity contribution in [1.29, 1.82) is 0 Å². The molecular formula is C40H61N3O5P-. The summed E-state index contributed by atoms with van der Waals surface area (Å²) in [5.41, 5.74) is 8.13. The van der Waals surface area contributed by atoms with Crippen molar-refractivity contribution >= 4 is 24.8 Å². The number of unbranched alkanes of at least 4 members (excludes halogenated alkanes) is 1. The zero-order valence-electron chi connectivity index (χ0n) is 31.3. The molecule has 9 heteroatoms. The molecule has 49 heavy (non-hydrogen) atoms. The SMILES string of the molecule is CCCCOCC(CN(CC)C1=C[C-](C)C(=C(c2ccc(N(CC)CC)cc2)c2ccc(N(CC)CC)cc2)C=C1)OP(=O)(O)OCCC. The van der Waals surface area contributed by atoms with Crippen molar-refractivity contribution in [3.05, 3.63) is 95.1 Å². The maximum atomic E-state index is 12.7. The first-order chi connectivity index (χ1) is 23.6. The van der Waals surface area contributed by atoms with Crippen LogP contribution in [0.5, 0.6) is 0 Å². The molecule has 1 aliphatic carbocycles. The average Bonchev–Trinajstić information content (AvgIpc) is 3.11. The van der Waals surface area contributed by atoms with Crippen LogP contribution < -0.4 is 9.80 Å². The molecule has 272 valence electrons. The Balaban J connectivity index is 1.98. The number of rotatable bonds is 22. The highest BCUT2D eigenvalue weighted by Crippen LogP contribution is 2.45. The predicted octanol–water partition coefficient (Wildman–Crippen LogP) is 9.28. The van der Waals surface area contributed by atoms with Gasteiger partial charge < -0.3 is 24.3 Å². The van der Waals surface area contributed by atoms with Gasteiger partial charge in [-0.25, -0.2) is 4.57 Å². The highest BCUT2D eigenvalue weighted by molar-refractivity contribution is 7.47. The van der Waals surface area contributed by atoms with E-state index in [-0.39, 0.29) is 13.2 Å². The van der Waals surface area contributed by atoms with Crippen molar-refractivity contribution in [2.45, 2.75) is 80.8 Å². The largest absolute Gasteiger partial charge is 0.472 e. The van der Waals surface area contributed by atoms with E-state index in [1.807, 2.05) is 6.92 Å². The first-order valence-electron chi connectivity index (χ1n) is 18.3. The second-order valence-electron chi connectivity index (χ2n) is 12.3. The molecule has 0 amide bonds. The summed E-state index contributed by atoms with van der Waals surface area (Å²) >= 11 is 0. The summed E-state index contributed by atoms with van der Waals surface area (Å²) in [5, 5.41) is 0. The van der Waals surface area contributed by atoms with Crippen molar-refractivity contribution in [1.82, 2.24) is 4.90 Å². The van der Waals surface area contributed by atoms with E-state index in [9.17, 15) is 9.46 Å². The molecule has 1 N–H and O–H groups in total. The number of phosphoric acid groups is 1. The van der Waals surface area contributed by atoms with E-state index >= 15 is 0 Å². The summed E-state index contributed by atoms with van der Waals surface area (Å²) in [4.78, 5) is 17.3. The van der Waals surface area contributed by atoms with Crippen LogP contribution in [-0.2, 0) is 18.3 Å². The van der Waals surface area contributed by atoms with Gasteiger partial charge in [0.2, 0.25) is 0 Å². The summed E-state index contributed by atoms with van der Waals surface area (Å²) < 4.78 is 29.5. The monoisotopic (exact) mass is 694 g/mol. The van der Waals surface area contributed by atoms with E-state index < -0.39 is 13.9 Å². The van der Waals surface area contributed by atoms with Gasteiger partial charge in [0.15, 0.2) is 0 Å². The van der Waals surface area contributed by atoms with Gasteiger partial charge in [0.1, 0.15) is 6.10 Å². The van der Waals surface area contributed by atoms with Crippen molar-refractivity contribution in [2.75, 3.05) is 68.9 Å². The van der Waals surface area contributed by atoms with E-state index in [2.05, 4.69) is 130 Å². The Labute approximate surface area is 297 Å². The highest BCUT2D eigenvalue weighted by Gasteiger charge is 2.28. The van der Waals surface area contributed by atoms with Crippen LogP contribution in [0.15, 0.2) is 78.0 Å². The zero-order chi connectivity index (χ0) is 35.8. The van der Waals surface area contributed by atoms with Crippen LogP contribution in [-0.4, -0.2) is 75.0 Å². The average molecular weight is 695 g/mol. The number of anilines is 2. The zero-order valence-corrected chi connectivity index (χ0v) is 32.2. The molecule has 2 atom stereocenters. The Morgan fingerprint density at radius 1 is 0.755 bits per heavy atom. The van der Waals surface area contributed by atoms with Crippen LogP contribution >= 0.6 is 7.82 Å². The van der Waals surface area contributed by atoms with Gasteiger partial charge in [-0.2, -0.15) is 0 Å². The number of allylic oxidation sites excluding steroid dienone is 4. The minimum Gasteiger partial charge on any atom is -0.408 e. The van der Waals surface area contributed by atoms with E-state index in [1.54, 1.807) is 0 Å². The van der Waals surface area contributed by atoms with Gasteiger partial charge in [-0.3, -0.25) is 9.05 Å². The Kier molecular flexibility index (Phi) is 17.0. The Bertz CT molecular complexity index is 1340. The second-order valence-corrected chi connectivity index (χ2v) is 13.7. The normalized spacial score (nSPS) is 14.8. The van der Waals surface area contributed by atoms with Crippen LogP contribution in [0.2, 0.25) is 0 Å². The summed E-state index contributed by atoms with van der Waals surface area (Å²) in [6.07, 6.45) is 8.46. The summed E-state index contributed by atoms with van der Waals surface area (Å²) in [6, 6.07) is 17.8. The predicted molar refractivity (Wildman–Crippen MR) is 206 cm³/mol. The molecule has 2 aromatic rings. The molecular weight excluding hydrogens is 633 g/mol. The number of ether oxygens (including phenoxy) is 1. The number of hydrogen-bond donors (Lipinski definition) is 1. The van der Waals surface area contributed by atoms with Crippen molar-refractivity contribution in [2.24, 2.45) is 0 Å². The minimum absolute atomic E-state index is 0.157. The molecule has 0 fully saturated rings. The lowest BCUT2D eigenvalue weighted by molar-refractivity contribution is 0.0134. The minimum atomic E-state index is -4.22. The van der Waals surface area contributed by atoms with Crippen molar-refractivity contribution in [3.63, 3.8) is 0 Å². The number of nitrogens with zero attached hydrogens (tertiary/aromatic N) is 3. The van der Waals surface area contributed by atoms with Gasteiger partial charge in [0.25, 0.3) is 0 Å². The van der Waals surface area contributed by atoms with Gasteiger partial charge in [0.05, 0.1) is 13.2 Å². The molecule has 0 spiro atoms. The van der Waals surface area contributed by atoms with Gasteiger partial charge >= 0.3 is 7.82 Å². The Morgan fingerprint density at radius 2 is 1.29 bits per heavy atom. The molecule has 0 saturated carbocycles. The second kappa shape index (κ2) is 20.6. The first kappa shape index (κ1) is 40.4. The van der Waals surface area contributed by atoms with Crippen LogP contribution in [0.1, 0.15) is 85.8 Å². The first-order valence-corrected chi connectivity index (χ1v) is 19.8. The number of likely N-dealkylation sites (N-methyl/N-ethyl adjacent to an activating group) is 1. The quantitative estimate of drug-likeness (QED) is 0.0743. The van der Waals surface area contributed by atoms with Crippen molar-refractivity contribution in [3.8, 4) is 0 Å². The molecule has 3 rings (SSSR count). The van der Waals surface area contributed by atoms with Gasteiger partial charge in [-0.05, 0) is 77.4 Å². The maximum Gasteiger partial charge on any atom is 0.472 e. The fourth-order valence-electron chi connectivity index (χ4n) is 6.12. The van der Waals surface area contributed by atoms with Crippen LogP contribution in [0, 0.1) is 5.92 Å². The maximum absolute atomic E-state index is 12.7. The molecule has 8 nitrogen and oxygen atoms in total. The fraction of sp³-hybridized carbons (Fsp3) is 0.525. The Morgan fingerprint density at radius 3 is 1.73 bits per heavy atom. The van der Waals surface area contributed by atoms with Gasteiger partial charge in [-0.15, -0.1) is 29.7 Å². The number of hydrogen-bond acceptors (Lipinski definition) is 7. The van der Waals surface area contributed by atoms with Gasteiger partial charge in [-0.1, -0.05) is 68.2 Å². The summed E-state index contributed by atoms with van der Waals surface area (Å²) in [5.74, 6) is 1.14. The lowest BCUT2D eigenvalue weighted by atomic mass is 9.84. The standard InChI is InChI=1S/C40H61N3O5P/c1-9-16-28-46-31-38(48-49(44,45)47-27-10-2)30-43(15-7)37-25-26-39(32(8)29-37)40(33-17-21-35(22-18-33)41(11-3)12-4)34-19-23-36(24-20-34)42(13-5)14-6/h17-26,29,38H,9-16,27-28,30-31H2,1-8H3,(H,44,45)/q-1. The number of phosphoric ester groups is 1. The lowest BCUT2D eigenvalue weighted by Crippen LogP contribution is -2.36. The molecule has 0 aromatic heterocycles. The molecule has 0 aliphatic heterocycles. The van der Waals surface area contributed by atoms with Crippen molar-refractivity contribution < 1.29 is 23.2 Å². The van der Waals surface area contributed by atoms with Gasteiger partial charge in [0, 0.05) is 57.3 Å². The van der Waals surface area contributed by atoms with Crippen LogP contribution in [0.25, 0.3) is 5.57 Å². The molecule has 0 radical (unpaired) electrons. The molecule has 0 saturated heterocycles. The molecule has 2 unspecified atom stereocenters. The number of benzene rings is 2. The molecule has 2 aromatic carbocycles. The van der Waals surface area contributed by atoms with E-state index in [0.29, 0.717) is 26.1 Å². The molecule has 1 aliphatic rings. The van der Waals surface area contributed by atoms with Crippen LogP contribution in [0.3, 0.4) is 0 Å². The highest BCUT2D eigenvalue weighted by atomic mass is 31.2. The van der Waals surface area contributed by atoms with Crippen LogP contribution in [0.4, 0.5) is 11.4 Å². The molecule has 0 bridgehead atoms. The lowest BCUT2D eigenvalue weighted by Gasteiger charge is -2.37. The molecule has 0 heterocycles. The summed E-state index contributed by atoms with van der Waals surface area (Å²) in [6.45, 7) is 22.9. The van der Waals surface area contributed by atoms with E-state index in [0.717, 1.165) is 67.3 Å². The summed E-state index contributed by atoms with van der Waals surface area (Å²) in [7, 11) is -4.22. The topological polar surface area (TPSA) is 74.7 Å². The third-order valence-electron chi connectivity index (χ3n) is 8.91. The third-order valence-corrected chi connectivity index (χ3v) is 9.98.